The lowest BCUT2D eigenvalue weighted by molar-refractivity contribution is 0.591. The zero-order chi connectivity index (χ0) is 20.9. The van der Waals surface area contributed by atoms with Crippen LogP contribution in [0.25, 0.3) is 44.2 Å². The van der Waals surface area contributed by atoms with Crippen LogP contribution in [-0.4, -0.2) is 9.97 Å². The SMILES string of the molecule is CC(C)(C)c1cc(N)cc(-c2cc(-c3cccc4[nH]c5ccccc5c34)ccn2)c1. The van der Waals surface area contributed by atoms with Crippen LogP contribution in [0, 0.1) is 0 Å². The van der Waals surface area contributed by atoms with Crippen LogP contribution in [0.5, 0.6) is 0 Å². The number of aromatic amines is 1. The number of nitrogens with zero attached hydrogens (tertiary/aromatic N) is 1. The zero-order valence-electron chi connectivity index (χ0n) is 17.5. The minimum Gasteiger partial charge on any atom is -0.399 e. The Morgan fingerprint density at radius 3 is 2.43 bits per heavy atom. The van der Waals surface area contributed by atoms with Crippen LogP contribution in [-0.2, 0) is 5.41 Å². The molecule has 30 heavy (non-hydrogen) atoms. The molecule has 2 aromatic heterocycles. The van der Waals surface area contributed by atoms with Gasteiger partial charge in [0.05, 0.1) is 5.69 Å². The van der Waals surface area contributed by atoms with E-state index in [1.165, 1.54) is 21.9 Å². The molecule has 0 spiro atoms. The van der Waals surface area contributed by atoms with Crippen LogP contribution in [0.4, 0.5) is 5.69 Å². The molecular weight excluding hydrogens is 366 g/mol. The first-order valence-electron chi connectivity index (χ1n) is 10.3. The Morgan fingerprint density at radius 1 is 0.800 bits per heavy atom. The maximum absolute atomic E-state index is 6.23. The first-order chi connectivity index (χ1) is 14.4. The molecule has 3 nitrogen and oxygen atoms in total. The van der Waals surface area contributed by atoms with E-state index in [1.807, 2.05) is 12.3 Å². The summed E-state index contributed by atoms with van der Waals surface area (Å²) in [6.45, 7) is 6.60. The normalized spacial score (nSPS) is 12.0. The molecule has 0 aliphatic carbocycles. The highest BCUT2D eigenvalue weighted by Gasteiger charge is 2.16. The second-order valence-electron chi connectivity index (χ2n) is 8.92. The van der Waals surface area contributed by atoms with Crippen LogP contribution in [0.2, 0.25) is 0 Å². The Bertz CT molecular complexity index is 1390. The summed E-state index contributed by atoms with van der Waals surface area (Å²) in [7, 11) is 0. The van der Waals surface area contributed by atoms with Gasteiger partial charge in [-0.05, 0) is 64.6 Å². The number of nitrogens with one attached hydrogen (secondary N) is 1. The van der Waals surface area contributed by atoms with Gasteiger partial charge in [-0.25, -0.2) is 0 Å². The molecule has 3 aromatic carbocycles. The van der Waals surface area contributed by atoms with E-state index in [1.54, 1.807) is 0 Å². The maximum atomic E-state index is 6.23. The molecule has 0 bridgehead atoms. The van der Waals surface area contributed by atoms with E-state index in [0.717, 1.165) is 33.5 Å². The van der Waals surface area contributed by atoms with Gasteiger partial charge < -0.3 is 10.7 Å². The van der Waals surface area contributed by atoms with Gasteiger partial charge in [0.25, 0.3) is 0 Å². The van der Waals surface area contributed by atoms with Crippen molar-refractivity contribution < 1.29 is 0 Å². The maximum Gasteiger partial charge on any atom is 0.0708 e. The molecule has 0 unspecified atom stereocenters. The van der Waals surface area contributed by atoms with Crippen LogP contribution in [0.15, 0.2) is 79.0 Å². The molecule has 0 saturated heterocycles. The van der Waals surface area contributed by atoms with Crippen LogP contribution in [0.1, 0.15) is 26.3 Å². The summed E-state index contributed by atoms with van der Waals surface area (Å²) in [6.07, 6.45) is 1.89. The molecule has 0 amide bonds. The van der Waals surface area contributed by atoms with E-state index < -0.39 is 0 Å². The number of aromatic nitrogens is 2. The number of anilines is 1. The molecule has 148 valence electrons. The van der Waals surface area contributed by atoms with Gasteiger partial charge in [0.15, 0.2) is 0 Å². The first-order valence-corrected chi connectivity index (χ1v) is 10.3. The van der Waals surface area contributed by atoms with Gasteiger partial charge in [-0.2, -0.15) is 0 Å². The molecule has 3 N–H and O–H groups in total. The predicted molar refractivity (Wildman–Crippen MR) is 128 cm³/mol. The van der Waals surface area contributed by atoms with Crippen LogP contribution >= 0.6 is 0 Å². The van der Waals surface area contributed by atoms with Crippen LogP contribution < -0.4 is 5.73 Å². The highest BCUT2D eigenvalue weighted by molar-refractivity contribution is 6.14. The summed E-state index contributed by atoms with van der Waals surface area (Å²) >= 11 is 0. The Balaban J connectivity index is 1.70. The molecule has 0 fully saturated rings. The third kappa shape index (κ3) is 3.13. The number of fused-ring (bicyclic) bond motifs is 3. The third-order valence-corrected chi connectivity index (χ3v) is 5.72. The Morgan fingerprint density at radius 2 is 1.60 bits per heavy atom. The molecule has 5 rings (SSSR count). The molecule has 5 aromatic rings. The average Bonchev–Trinajstić information content (AvgIpc) is 3.11. The number of rotatable bonds is 2. The number of benzene rings is 3. The molecule has 0 aliphatic rings. The smallest absolute Gasteiger partial charge is 0.0708 e. The van der Waals surface area contributed by atoms with Crippen molar-refractivity contribution in [1.82, 2.24) is 9.97 Å². The molecule has 0 atom stereocenters. The Kier molecular flexibility index (Phi) is 4.14. The lowest BCUT2D eigenvalue weighted by Gasteiger charge is -2.20. The molecule has 2 heterocycles. The Labute approximate surface area is 176 Å². The number of nitrogens with two attached hydrogens (primary N) is 1. The second-order valence-corrected chi connectivity index (χ2v) is 8.92. The summed E-state index contributed by atoms with van der Waals surface area (Å²) in [5, 5.41) is 2.48. The molecule has 0 radical (unpaired) electrons. The molecule has 0 saturated carbocycles. The lowest BCUT2D eigenvalue weighted by Crippen LogP contribution is -2.11. The van der Waals surface area contributed by atoms with Gasteiger partial charge >= 0.3 is 0 Å². The summed E-state index contributed by atoms with van der Waals surface area (Å²) in [5.74, 6) is 0. The van der Waals surface area contributed by atoms with E-state index in [4.69, 9.17) is 5.73 Å². The molecule has 0 aliphatic heterocycles. The van der Waals surface area contributed by atoms with Gasteiger partial charge in [-0.3, -0.25) is 4.98 Å². The number of para-hydroxylation sites is 1. The van der Waals surface area contributed by atoms with E-state index in [-0.39, 0.29) is 5.41 Å². The largest absolute Gasteiger partial charge is 0.399 e. The number of pyridine rings is 1. The predicted octanol–water partition coefficient (Wildman–Crippen LogP) is 6.93. The van der Waals surface area contributed by atoms with Crippen molar-refractivity contribution in [2.24, 2.45) is 0 Å². The van der Waals surface area contributed by atoms with Crippen molar-refractivity contribution >= 4 is 27.5 Å². The van der Waals surface area contributed by atoms with Gasteiger partial charge in [0.2, 0.25) is 0 Å². The van der Waals surface area contributed by atoms with Crippen molar-refractivity contribution in [3.63, 3.8) is 0 Å². The number of hydrogen-bond acceptors (Lipinski definition) is 2. The number of H-pyrrole nitrogens is 1. The summed E-state index contributed by atoms with van der Waals surface area (Å²) in [5.41, 5.74) is 14.9. The van der Waals surface area contributed by atoms with Gasteiger partial charge in [0, 0.05) is 39.3 Å². The summed E-state index contributed by atoms with van der Waals surface area (Å²) < 4.78 is 0. The highest BCUT2D eigenvalue weighted by Crippen LogP contribution is 2.36. The first kappa shape index (κ1) is 18.4. The summed E-state index contributed by atoms with van der Waals surface area (Å²) in [6, 6.07) is 25.4. The molecular formula is C27H25N3. The quantitative estimate of drug-likeness (QED) is 0.321. The van der Waals surface area contributed by atoms with Gasteiger partial charge in [0.1, 0.15) is 0 Å². The fourth-order valence-electron chi connectivity index (χ4n) is 4.13. The van der Waals surface area contributed by atoms with Crippen molar-refractivity contribution in [3.05, 3.63) is 84.6 Å². The third-order valence-electron chi connectivity index (χ3n) is 5.72. The van der Waals surface area contributed by atoms with Crippen molar-refractivity contribution in [1.29, 1.82) is 0 Å². The minimum atomic E-state index is 0.0252. The van der Waals surface area contributed by atoms with Crippen molar-refractivity contribution in [3.8, 4) is 22.4 Å². The average molecular weight is 392 g/mol. The fraction of sp³-hybridized carbons (Fsp3) is 0.148. The van der Waals surface area contributed by atoms with Crippen molar-refractivity contribution in [2.75, 3.05) is 5.73 Å². The van der Waals surface area contributed by atoms with E-state index in [2.05, 4.69) is 97.5 Å². The zero-order valence-corrected chi connectivity index (χ0v) is 17.5. The standard InChI is InChI=1S/C27H25N3/c1-27(2,3)19-13-18(14-20(28)16-19)25-15-17(11-12-29-25)21-8-6-10-24-26(21)22-7-4-5-9-23(22)30-24/h4-16,30H,28H2,1-3H3. The van der Waals surface area contributed by atoms with Crippen molar-refractivity contribution in [2.45, 2.75) is 26.2 Å². The van der Waals surface area contributed by atoms with E-state index >= 15 is 0 Å². The van der Waals surface area contributed by atoms with Gasteiger partial charge in [-0.1, -0.05) is 51.1 Å². The number of nitrogen functional groups attached to an aromatic ring is 1. The van der Waals surface area contributed by atoms with Crippen LogP contribution in [0.3, 0.4) is 0 Å². The Hall–Kier alpha value is -3.59. The summed E-state index contributed by atoms with van der Waals surface area (Å²) in [4.78, 5) is 8.20. The van der Waals surface area contributed by atoms with Gasteiger partial charge in [-0.15, -0.1) is 0 Å². The minimum absolute atomic E-state index is 0.0252. The van der Waals surface area contributed by atoms with E-state index in [9.17, 15) is 0 Å². The molecule has 3 heteroatoms. The number of hydrogen-bond donors (Lipinski definition) is 2. The lowest BCUT2D eigenvalue weighted by atomic mass is 9.85. The van der Waals surface area contributed by atoms with E-state index in [0.29, 0.717) is 0 Å². The monoisotopic (exact) mass is 391 g/mol. The fourth-order valence-corrected chi connectivity index (χ4v) is 4.13. The topological polar surface area (TPSA) is 54.7 Å². The highest BCUT2D eigenvalue weighted by atomic mass is 14.7. The second kappa shape index (κ2) is 6.74.